The van der Waals surface area contributed by atoms with E-state index in [2.05, 4.69) is 6.58 Å². The maximum Gasteiger partial charge on any atom is 0.116 e. The Balaban J connectivity index is 2.31. The molecule has 0 bridgehead atoms. The Morgan fingerprint density at radius 1 is 2.00 bits per heavy atom. The molecule has 0 aromatic heterocycles. The summed E-state index contributed by atoms with van der Waals surface area (Å²) in [6.07, 6.45) is 0.173. The summed E-state index contributed by atoms with van der Waals surface area (Å²) in [5.41, 5.74) is 0. The van der Waals surface area contributed by atoms with Crippen molar-refractivity contribution in [2.45, 2.75) is 6.10 Å². The molecule has 6 heavy (non-hydrogen) atoms. The van der Waals surface area contributed by atoms with Crippen molar-refractivity contribution in [3.8, 4) is 0 Å². The van der Waals surface area contributed by atoms with Gasteiger partial charge in [-0.15, -0.1) is 0 Å². The van der Waals surface area contributed by atoms with E-state index < -0.39 is 0 Å². The number of halogens is 1. The normalized spacial score (nSPS) is 29.8. The lowest BCUT2D eigenvalue weighted by Crippen LogP contribution is -1.76. The van der Waals surface area contributed by atoms with Gasteiger partial charge in [-0.1, -0.05) is 18.2 Å². The van der Waals surface area contributed by atoms with E-state index in [0.717, 1.165) is 6.61 Å². The van der Waals surface area contributed by atoms with E-state index in [1.54, 1.807) is 0 Å². The van der Waals surface area contributed by atoms with E-state index in [1.165, 1.54) is 0 Å². The standard InChI is InChI=1S/C4H5ClO/c1-3(5)4-2-6-4/h4H,1-2H2/t4-/m1/s1. The maximum absolute atomic E-state index is 5.36. The van der Waals surface area contributed by atoms with E-state index in [4.69, 9.17) is 16.3 Å². The van der Waals surface area contributed by atoms with Gasteiger partial charge in [-0.25, -0.2) is 0 Å². The molecule has 1 nitrogen and oxygen atoms in total. The van der Waals surface area contributed by atoms with Crippen LogP contribution in [0.5, 0.6) is 0 Å². The molecule has 0 saturated carbocycles. The van der Waals surface area contributed by atoms with Gasteiger partial charge in [0.05, 0.1) is 6.61 Å². The first kappa shape index (κ1) is 4.16. The zero-order valence-corrected chi connectivity index (χ0v) is 4.03. The van der Waals surface area contributed by atoms with Crippen LogP contribution in [-0.4, -0.2) is 12.7 Å². The van der Waals surface area contributed by atoms with Crippen LogP contribution in [0.4, 0.5) is 0 Å². The first-order chi connectivity index (χ1) is 2.80. The Bertz CT molecular complexity index is 75.6. The van der Waals surface area contributed by atoms with Crippen molar-refractivity contribution in [3.63, 3.8) is 0 Å². The Hall–Kier alpha value is -0.0100. The van der Waals surface area contributed by atoms with E-state index in [0.29, 0.717) is 5.03 Å². The van der Waals surface area contributed by atoms with Crippen LogP contribution in [0.25, 0.3) is 0 Å². The highest BCUT2D eigenvalue weighted by Crippen LogP contribution is 2.19. The van der Waals surface area contributed by atoms with Crippen LogP contribution >= 0.6 is 11.6 Å². The van der Waals surface area contributed by atoms with Gasteiger partial charge in [0.2, 0.25) is 0 Å². The molecule has 0 spiro atoms. The summed E-state index contributed by atoms with van der Waals surface area (Å²) in [6, 6.07) is 0. The van der Waals surface area contributed by atoms with Crippen LogP contribution in [0.15, 0.2) is 11.6 Å². The van der Waals surface area contributed by atoms with Crippen molar-refractivity contribution in [2.24, 2.45) is 0 Å². The minimum Gasteiger partial charge on any atom is -0.367 e. The molecular weight excluding hydrogens is 99.5 g/mol. The summed E-state index contributed by atoms with van der Waals surface area (Å²) < 4.78 is 4.74. The molecule has 1 aliphatic heterocycles. The molecule has 1 heterocycles. The Morgan fingerprint density at radius 2 is 2.50 bits per heavy atom. The van der Waals surface area contributed by atoms with Gasteiger partial charge in [0.25, 0.3) is 0 Å². The van der Waals surface area contributed by atoms with E-state index >= 15 is 0 Å². The summed E-state index contributed by atoms with van der Waals surface area (Å²) in [6.45, 7) is 4.22. The minimum absolute atomic E-state index is 0.173. The Labute approximate surface area is 41.6 Å². The van der Waals surface area contributed by atoms with Gasteiger partial charge in [0, 0.05) is 5.03 Å². The molecule has 1 saturated heterocycles. The highest BCUT2D eigenvalue weighted by Gasteiger charge is 2.23. The van der Waals surface area contributed by atoms with Crippen LogP contribution in [0, 0.1) is 0 Å². The second kappa shape index (κ2) is 1.24. The minimum atomic E-state index is 0.173. The van der Waals surface area contributed by atoms with Gasteiger partial charge in [0.1, 0.15) is 6.10 Å². The second-order valence-corrected chi connectivity index (χ2v) is 1.75. The summed E-state index contributed by atoms with van der Waals surface area (Å²) in [5.74, 6) is 0. The predicted octanol–water partition coefficient (Wildman–Crippen LogP) is 1.14. The highest BCUT2D eigenvalue weighted by molar-refractivity contribution is 6.30. The third-order valence-electron chi connectivity index (χ3n) is 0.683. The lowest BCUT2D eigenvalue weighted by atomic mass is 10.5. The van der Waals surface area contributed by atoms with Crippen molar-refractivity contribution in [1.82, 2.24) is 0 Å². The summed E-state index contributed by atoms with van der Waals surface area (Å²) in [4.78, 5) is 0. The maximum atomic E-state index is 5.36. The highest BCUT2D eigenvalue weighted by atomic mass is 35.5. The van der Waals surface area contributed by atoms with E-state index in [1.807, 2.05) is 0 Å². The Morgan fingerprint density at radius 3 is 2.50 bits per heavy atom. The molecule has 1 atom stereocenters. The lowest BCUT2D eigenvalue weighted by Gasteiger charge is -1.76. The number of ether oxygens (including phenoxy) is 1. The molecule has 0 aromatic rings. The molecule has 0 aromatic carbocycles. The molecule has 1 aliphatic rings. The van der Waals surface area contributed by atoms with Gasteiger partial charge in [-0.3, -0.25) is 0 Å². The van der Waals surface area contributed by atoms with Crippen molar-refractivity contribution in [2.75, 3.05) is 6.61 Å². The molecule has 0 aliphatic carbocycles. The fourth-order valence-electron chi connectivity index (χ4n) is 0.229. The number of epoxide rings is 1. The summed E-state index contributed by atoms with van der Waals surface area (Å²) >= 11 is 5.36. The molecule has 0 N–H and O–H groups in total. The van der Waals surface area contributed by atoms with E-state index in [-0.39, 0.29) is 6.10 Å². The first-order valence-corrected chi connectivity index (χ1v) is 2.14. The molecule has 34 valence electrons. The van der Waals surface area contributed by atoms with Crippen molar-refractivity contribution in [1.29, 1.82) is 0 Å². The molecule has 2 heteroatoms. The van der Waals surface area contributed by atoms with Gasteiger partial charge in [-0.2, -0.15) is 0 Å². The third kappa shape index (κ3) is 0.730. The second-order valence-electron chi connectivity index (χ2n) is 1.27. The fraction of sp³-hybridized carbons (Fsp3) is 0.500. The van der Waals surface area contributed by atoms with E-state index in [9.17, 15) is 0 Å². The van der Waals surface area contributed by atoms with Crippen LogP contribution in [0.1, 0.15) is 0 Å². The van der Waals surface area contributed by atoms with Crippen molar-refractivity contribution in [3.05, 3.63) is 11.6 Å². The van der Waals surface area contributed by atoms with Crippen molar-refractivity contribution >= 4 is 11.6 Å². The molecule has 0 radical (unpaired) electrons. The number of rotatable bonds is 1. The summed E-state index contributed by atoms with van der Waals surface area (Å²) in [5, 5.41) is 0.620. The molecule has 0 unspecified atom stereocenters. The van der Waals surface area contributed by atoms with Crippen LogP contribution < -0.4 is 0 Å². The zero-order chi connectivity index (χ0) is 4.57. The third-order valence-corrected chi connectivity index (χ3v) is 0.926. The predicted molar refractivity (Wildman–Crippen MR) is 24.7 cm³/mol. The van der Waals surface area contributed by atoms with Crippen LogP contribution in [0.2, 0.25) is 0 Å². The van der Waals surface area contributed by atoms with Crippen LogP contribution in [-0.2, 0) is 4.74 Å². The zero-order valence-electron chi connectivity index (χ0n) is 3.28. The van der Waals surface area contributed by atoms with Gasteiger partial charge in [-0.05, 0) is 0 Å². The SMILES string of the molecule is C=C(Cl)[C@H]1CO1. The smallest absolute Gasteiger partial charge is 0.116 e. The van der Waals surface area contributed by atoms with Gasteiger partial charge in [0.15, 0.2) is 0 Å². The fourth-order valence-corrected chi connectivity index (χ4v) is 0.355. The summed E-state index contributed by atoms with van der Waals surface area (Å²) in [7, 11) is 0. The Kier molecular flexibility index (Phi) is 0.862. The first-order valence-electron chi connectivity index (χ1n) is 1.76. The van der Waals surface area contributed by atoms with Crippen molar-refractivity contribution < 1.29 is 4.74 Å². The molecule has 0 amide bonds. The topological polar surface area (TPSA) is 12.5 Å². The lowest BCUT2D eigenvalue weighted by molar-refractivity contribution is 0.437. The monoisotopic (exact) mass is 104 g/mol. The largest absolute Gasteiger partial charge is 0.367 e. The quantitative estimate of drug-likeness (QED) is 0.455. The average molecular weight is 105 g/mol. The average Bonchev–Trinajstić information content (AvgIpc) is 2.06. The van der Waals surface area contributed by atoms with Crippen LogP contribution in [0.3, 0.4) is 0 Å². The number of hydrogen-bond donors (Lipinski definition) is 0. The van der Waals surface area contributed by atoms with Gasteiger partial charge < -0.3 is 4.74 Å². The molecule has 1 fully saturated rings. The number of hydrogen-bond acceptors (Lipinski definition) is 1. The molecule has 1 rings (SSSR count). The van der Waals surface area contributed by atoms with Gasteiger partial charge >= 0.3 is 0 Å². The molecular formula is C4H5ClO.